The summed E-state index contributed by atoms with van der Waals surface area (Å²) in [5.41, 5.74) is 5.76. The van der Waals surface area contributed by atoms with E-state index in [1.807, 2.05) is 13.8 Å². The summed E-state index contributed by atoms with van der Waals surface area (Å²) >= 11 is 0. The van der Waals surface area contributed by atoms with Crippen LogP contribution in [0.1, 0.15) is 26.7 Å². The topological polar surface area (TPSA) is 113 Å². The first kappa shape index (κ1) is 18.4. The molecule has 0 fully saturated rings. The monoisotopic (exact) mass is 367 g/mol. The number of hydrogen-bond acceptors (Lipinski definition) is 6. The van der Waals surface area contributed by atoms with Gasteiger partial charge in [-0.15, -0.1) is 5.10 Å². The van der Waals surface area contributed by atoms with E-state index in [0.717, 1.165) is 29.7 Å². The molecular formula is C19H21N5O3. The number of urea groups is 1. The van der Waals surface area contributed by atoms with Gasteiger partial charge in [-0.3, -0.25) is 5.32 Å². The first-order valence-corrected chi connectivity index (χ1v) is 8.52. The molecule has 1 aliphatic carbocycles. The van der Waals surface area contributed by atoms with E-state index < -0.39 is 6.03 Å². The van der Waals surface area contributed by atoms with Crippen molar-refractivity contribution in [3.05, 3.63) is 48.1 Å². The Balaban J connectivity index is 1.63. The van der Waals surface area contributed by atoms with Crippen LogP contribution in [0.25, 0.3) is 11.5 Å². The Kier molecular flexibility index (Phi) is 5.35. The van der Waals surface area contributed by atoms with E-state index in [-0.39, 0.29) is 17.7 Å². The molecule has 0 spiro atoms. The number of hydrogen-bond donors (Lipinski definition) is 3. The predicted octanol–water partition coefficient (Wildman–Crippen LogP) is 3.85. The first-order chi connectivity index (χ1) is 12.9. The summed E-state index contributed by atoms with van der Waals surface area (Å²) in [6.07, 6.45) is 3.76. The molecule has 1 atom stereocenters. The molecule has 1 aromatic carbocycles. The third-order valence-corrected chi connectivity index (χ3v) is 4.37. The van der Waals surface area contributed by atoms with Crippen LogP contribution < -0.4 is 10.7 Å². The van der Waals surface area contributed by atoms with Crippen molar-refractivity contribution >= 4 is 17.8 Å². The number of hydrazone groups is 1. The van der Waals surface area contributed by atoms with Crippen LogP contribution in [0.15, 0.2) is 57.6 Å². The van der Waals surface area contributed by atoms with Crippen LogP contribution in [0.5, 0.6) is 5.75 Å². The molecule has 1 aliphatic rings. The lowest BCUT2D eigenvalue weighted by Gasteiger charge is -2.22. The summed E-state index contributed by atoms with van der Waals surface area (Å²) < 4.78 is 5.36. The number of aromatic hydroxyl groups is 1. The van der Waals surface area contributed by atoms with Crippen molar-refractivity contribution in [3.63, 3.8) is 0 Å². The van der Waals surface area contributed by atoms with Gasteiger partial charge in [0, 0.05) is 0 Å². The maximum Gasteiger partial charge on any atom is 0.343 e. The van der Waals surface area contributed by atoms with Crippen molar-refractivity contribution in [2.24, 2.45) is 11.0 Å². The molecule has 2 aromatic rings. The van der Waals surface area contributed by atoms with E-state index in [4.69, 9.17) is 4.42 Å². The number of rotatable bonds is 4. The highest BCUT2D eigenvalue weighted by Crippen LogP contribution is 2.28. The molecule has 0 unspecified atom stereocenters. The van der Waals surface area contributed by atoms with Crippen molar-refractivity contribution in [3.8, 4) is 17.2 Å². The minimum atomic E-state index is -0.597. The molecule has 2 amide bonds. The minimum Gasteiger partial charge on any atom is -0.507 e. The quantitative estimate of drug-likeness (QED) is 0.561. The molecule has 140 valence electrons. The summed E-state index contributed by atoms with van der Waals surface area (Å²) in [6, 6.07) is 5.86. The molecule has 8 nitrogen and oxygen atoms in total. The van der Waals surface area contributed by atoms with Crippen molar-refractivity contribution in [2.75, 3.05) is 5.32 Å². The Morgan fingerprint density at radius 3 is 2.89 bits per heavy atom. The van der Waals surface area contributed by atoms with Crippen molar-refractivity contribution in [1.29, 1.82) is 0 Å². The smallest absolute Gasteiger partial charge is 0.343 e. The van der Waals surface area contributed by atoms with E-state index in [2.05, 4.69) is 38.7 Å². The molecule has 8 heteroatoms. The van der Waals surface area contributed by atoms with Crippen molar-refractivity contribution < 1.29 is 14.3 Å². The molecule has 1 aromatic heterocycles. The molecule has 1 heterocycles. The van der Waals surface area contributed by atoms with E-state index >= 15 is 0 Å². The van der Waals surface area contributed by atoms with Crippen LogP contribution >= 0.6 is 0 Å². The molecule has 0 saturated carbocycles. The second-order valence-electron chi connectivity index (χ2n) is 6.42. The Hall–Kier alpha value is -3.42. The Labute approximate surface area is 156 Å². The number of phenols is 1. The number of carbonyl (C=O) groups excluding carboxylic acids is 1. The fourth-order valence-corrected chi connectivity index (χ4v) is 2.70. The summed E-state index contributed by atoms with van der Waals surface area (Å²) in [7, 11) is 0. The Bertz CT molecular complexity index is 929. The molecule has 0 radical (unpaired) electrons. The van der Waals surface area contributed by atoms with Gasteiger partial charge in [0.05, 0.1) is 11.3 Å². The highest BCUT2D eigenvalue weighted by atomic mass is 16.4. The Morgan fingerprint density at radius 1 is 1.37 bits per heavy atom. The lowest BCUT2D eigenvalue weighted by atomic mass is 9.85. The predicted molar refractivity (Wildman–Crippen MR) is 102 cm³/mol. The number of carbonyl (C=O) groups is 1. The van der Waals surface area contributed by atoms with E-state index in [1.165, 1.54) is 6.07 Å². The zero-order valence-corrected chi connectivity index (χ0v) is 15.2. The highest BCUT2D eigenvalue weighted by Gasteiger charge is 2.19. The summed E-state index contributed by atoms with van der Waals surface area (Å²) in [4.78, 5) is 12.0. The fraction of sp³-hybridized carbons (Fsp3) is 0.263. The van der Waals surface area contributed by atoms with Crippen LogP contribution in [0.4, 0.5) is 10.8 Å². The molecule has 3 N–H and O–H groups in total. The number of nitrogens with zero attached hydrogens (tertiary/aromatic N) is 3. The number of amides is 2. The van der Waals surface area contributed by atoms with Crippen LogP contribution in [-0.4, -0.2) is 27.0 Å². The van der Waals surface area contributed by atoms with Gasteiger partial charge in [0.1, 0.15) is 5.75 Å². The zero-order valence-electron chi connectivity index (χ0n) is 15.2. The number of allylic oxidation sites excluding steroid dienone is 3. The van der Waals surface area contributed by atoms with Crippen LogP contribution in [-0.2, 0) is 0 Å². The van der Waals surface area contributed by atoms with Gasteiger partial charge in [0.15, 0.2) is 0 Å². The van der Waals surface area contributed by atoms with E-state index in [9.17, 15) is 9.90 Å². The van der Waals surface area contributed by atoms with Crippen LogP contribution in [0.3, 0.4) is 0 Å². The normalized spacial score (nSPS) is 18.1. The van der Waals surface area contributed by atoms with Gasteiger partial charge in [-0.25, -0.2) is 10.2 Å². The SMILES string of the molecule is C=C(C)[C@@H]1CC=C(C)/C(=N/NC(=O)Nc2nnc(-c3ccccc3O)o2)C1. The summed E-state index contributed by atoms with van der Waals surface area (Å²) in [6.45, 7) is 7.95. The first-order valence-electron chi connectivity index (χ1n) is 8.52. The molecule has 27 heavy (non-hydrogen) atoms. The second kappa shape index (κ2) is 7.86. The third-order valence-electron chi connectivity index (χ3n) is 4.37. The van der Waals surface area contributed by atoms with Gasteiger partial charge in [0.25, 0.3) is 5.89 Å². The third kappa shape index (κ3) is 4.41. The van der Waals surface area contributed by atoms with Crippen molar-refractivity contribution in [1.82, 2.24) is 15.6 Å². The van der Waals surface area contributed by atoms with Gasteiger partial charge in [-0.1, -0.05) is 35.5 Å². The molecule has 0 bridgehead atoms. The maximum atomic E-state index is 12.0. The van der Waals surface area contributed by atoms with Gasteiger partial charge in [-0.05, 0) is 50.3 Å². The lowest BCUT2D eigenvalue weighted by molar-refractivity contribution is 0.252. The van der Waals surface area contributed by atoms with Gasteiger partial charge >= 0.3 is 12.0 Å². The maximum absolute atomic E-state index is 12.0. The van der Waals surface area contributed by atoms with Crippen molar-refractivity contribution in [2.45, 2.75) is 26.7 Å². The number of phenolic OH excluding ortho intramolecular Hbond substituents is 1. The van der Waals surface area contributed by atoms with Crippen LogP contribution in [0, 0.1) is 5.92 Å². The molecular weight excluding hydrogens is 346 g/mol. The van der Waals surface area contributed by atoms with Crippen LogP contribution in [0.2, 0.25) is 0 Å². The summed E-state index contributed by atoms with van der Waals surface area (Å²) in [5.74, 6) is 0.439. The van der Waals surface area contributed by atoms with Gasteiger partial charge in [0.2, 0.25) is 0 Å². The summed E-state index contributed by atoms with van der Waals surface area (Å²) in [5, 5.41) is 24.0. The standard InChI is InChI=1S/C19H21N5O3/c1-11(2)13-9-8-12(3)15(10-13)21-23-18(26)20-19-24-22-17(27-19)14-6-4-5-7-16(14)25/h4-8,13,25H,1,9-10H2,2-3H3,(H2,20,23,24,26)/b21-15+/t13-/m1/s1. The average Bonchev–Trinajstić information content (AvgIpc) is 3.09. The van der Waals surface area contributed by atoms with Gasteiger partial charge < -0.3 is 9.52 Å². The number of nitrogens with one attached hydrogen (secondary N) is 2. The number of aromatic nitrogens is 2. The average molecular weight is 367 g/mol. The molecule has 0 saturated heterocycles. The highest BCUT2D eigenvalue weighted by molar-refractivity contribution is 6.01. The zero-order chi connectivity index (χ0) is 19.4. The fourth-order valence-electron chi connectivity index (χ4n) is 2.70. The lowest BCUT2D eigenvalue weighted by Crippen LogP contribution is -2.27. The van der Waals surface area contributed by atoms with E-state index in [1.54, 1.807) is 18.2 Å². The van der Waals surface area contributed by atoms with Gasteiger partial charge in [-0.2, -0.15) is 5.10 Å². The number of benzene rings is 1. The largest absolute Gasteiger partial charge is 0.507 e. The number of anilines is 1. The molecule has 0 aliphatic heterocycles. The minimum absolute atomic E-state index is 0.00942. The number of para-hydroxylation sites is 1. The second-order valence-corrected chi connectivity index (χ2v) is 6.42. The Morgan fingerprint density at radius 2 is 2.15 bits per heavy atom. The molecule has 3 rings (SSSR count). The van der Waals surface area contributed by atoms with E-state index in [0.29, 0.717) is 11.5 Å².